The summed E-state index contributed by atoms with van der Waals surface area (Å²) < 4.78 is 16.8. The second-order valence-corrected chi connectivity index (χ2v) is 18.8. The van der Waals surface area contributed by atoms with E-state index in [1.165, 1.54) is 6.42 Å². The SMILES string of the molecule is CC/C=C\C/C=C\C/C=C\C/C=C\C/C=C\C/C=C\C/C=C\C/C=C\CCCCC(=O)OCC(COC(=O)CCCCCCC/C=C\C/C=C\CCC)OC(=O)CCCCCC/C=C\C/C=C\C/C=C\C/C=C\CC. The second-order valence-electron chi connectivity index (χ2n) is 18.8. The van der Waals surface area contributed by atoms with E-state index >= 15 is 0 Å². The molecule has 0 aromatic heterocycles. The molecule has 0 rings (SSSR count). The van der Waals surface area contributed by atoms with Gasteiger partial charge in [0, 0.05) is 19.3 Å². The van der Waals surface area contributed by atoms with E-state index in [0.29, 0.717) is 12.8 Å². The van der Waals surface area contributed by atoms with Gasteiger partial charge in [0.05, 0.1) is 0 Å². The second kappa shape index (κ2) is 61.3. The summed E-state index contributed by atoms with van der Waals surface area (Å²) in [5.74, 6) is -1.01. The first-order chi connectivity index (χ1) is 37.0. The zero-order valence-corrected chi connectivity index (χ0v) is 47.7. The standard InChI is InChI=1S/C69H106O6/c1-4-7-10-13-16-19-22-25-27-29-30-31-32-33-34-35-36-37-38-40-41-44-47-50-53-56-59-62-68(71)74-65-66(64-73-67(70)61-58-55-52-49-46-43-24-21-18-15-12-9-6-3)75-69(72)63-60-57-54-51-48-45-42-39-28-26-23-20-17-14-11-8-5-2/h7-8,10-12,15-17,19-21,24-28,30-31,33-34,36-37,40-42,45,47,50,66H,4-6,9,13-14,18,22-23,29,32,35,38-39,43-44,46,48-49,51-65H2,1-3H3/b10-7-,11-8-,15-12-,19-16-,20-17-,24-21-,27-25-,28-26-,31-30-,34-33-,37-36-,41-40-,45-42-,50-47-. The molecule has 6 heteroatoms. The van der Waals surface area contributed by atoms with Gasteiger partial charge in [0.2, 0.25) is 0 Å². The Balaban J connectivity index is 4.51. The number of carbonyl (C=O) groups is 3. The van der Waals surface area contributed by atoms with Gasteiger partial charge in [0.15, 0.2) is 6.10 Å². The minimum absolute atomic E-state index is 0.118. The molecule has 75 heavy (non-hydrogen) atoms. The molecule has 1 unspecified atom stereocenters. The highest BCUT2D eigenvalue weighted by Crippen LogP contribution is 2.12. The lowest BCUT2D eigenvalue weighted by Gasteiger charge is -2.18. The number of carbonyl (C=O) groups excluding carboxylic acids is 3. The van der Waals surface area contributed by atoms with Crippen LogP contribution in [-0.4, -0.2) is 37.2 Å². The van der Waals surface area contributed by atoms with Crippen molar-refractivity contribution in [2.75, 3.05) is 13.2 Å². The summed E-state index contributed by atoms with van der Waals surface area (Å²) in [5.41, 5.74) is 0. The van der Waals surface area contributed by atoms with Crippen molar-refractivity contribution in [3.8, 4) is 0 Å². The fourth-order valence-corrected chi connectivity index (χ4v) is 7.31. The van der Waals surface area contributed by atoms with Crippen molar-refractivity contribution in [3.05, 3.63) is 170 Å². The largest absolute Gasteiger partial charge is 0.462 e. The number of allylic oxidation sites excluding steroid dienone is 28. The predicted octanol–water partition coefficient (Wildman–Crippen LogP) is 20.3. The quantitative estimate of drug-likeness (QED) is 0.0261. The number of ether oxygens (including phenoxy) is 3. The molecular formula is C69H106O6. The number of hydrogen-bond donors (Lipinski definition) is 0. The molecule has 0 aliphatic carbocycles. The van der Waals surface area contributed by atoms with Crippen molar-refractivity contribution in [3.63, 3.8) is 0 Å². The fourth-order valence-electron chi connectivity index (χ4n) is 7.31. The lowest BCUT2D eigenvalue weighted by molar-refractivity contribution is -0.167. The van der Waals surface area contributed by atoms with E-state index in [9.17, 15) is 14.4 Å². The van der Waals surface area contributed by atoms with E-state index in [4.69, 9.17) is 14.2 Å². The van der Waals surface area contributed by atoms with Gasteiger partial charge in [-0.05, 0) is 148 Å². The molecule has 0 radical (unpaired) electrons. The highest BCUT2D eigenvalue weighted by molar-refractivity contribution is 5.71. The van der Waals surface area contributed by atoms with Crippen LogP contribution in [0, 0.1) is 0 Å². The van der Waals surface area contributed by atoms with Gasteiger partial charge in [-0.15, -0.1) is 0 Å². The molecule has 6 nitrogen and oxygen atoms in total. The van der Waals surface area contributed by atoms with Gasteiger partial charge in [-0.2, -0.15) is 0 Å². The molecule has 418 valence electrons. The third-order valence-electron chi connectivity index (χ3n) is 11.7. The summed E-state index contributed by atoms with van der Waals surface area (Å²) in [4.78, 5) is 38.2. The summed E-state index contributed by atoms with van der Waals surface area (Å²) in [5, 5.41) is 0. The normalized spacial score (nSPS) is 13.4. The highest BCUT2D eigenvalue weighted by Gasteiger charge is 2.19. The van der Waals surface area contributed by atoms with E-state index in [1.807, 2.05) is 0 Å². The van der Waals surface area contributed by atoms with E-state index in [2.05, 4.69) is 191 Å². The zero-order valence-electron chi connectivity index (χ0n) is 47.7. The van der Waals surface area contributed by atoms with Crippen LogP contribution in [0.25, 0.3) is 0 Å². The molecule has 0 spiro atoms. The van der Waals surface area contributed by atoms with Gasteiger partial charge >= 0.3 is 17.9 Å². The molecule has 0 aliphatic heterocycles. The van der Waals surface area contributed by atoms with Gasteiger partial charge in [-0.25, -0.2) is 0 Å². The minimum Gasteiger partial charge on any atom is -0.462 e. The van der Waals surface area contributed by atoms with Crippen molar-refractivity contribution >= 4 is 17.9 Å². The molecule has 0 saturated heterocycles. The van der Waals surface area contributed by atoms with Crippen LogP contribution >= 0.6 is 0 Å². The Morgan fingerprint density at radius 2 is 0.520 bits per heavy atom. The third-order valence-corrected chi connectivity index (χ3v) is 11.7. The summed E-state index contributed by atoms with van der Waals surface area (Å²) in [6.07, 6.45) is 90.6. The van der Waals surface area contributed by atoms with Gasteiger partial charge in [0.1, 0.15) is 13.2 Å². The highest BCUT2D eigenvalue weighted by atomic mass is 16.6. The number of unbranched alkanes of at least 4 members (excludes halogenated alkanes) is 12. The first-order valence-corrected chi connectivity index (χ1v) is 29.6. The molecule has 0 heterocycles. The Labute approximate surface area is 460 Å². The van der Waals surface area contributed by atoms with Crippen LogP contribution in [-0.2, 0) is 28.6 Å². The Kier molecular flexibility index (Phi) is 57.0. The third kappa shape index (κ3) is 59.5. The van der Waals surface area contributed by atoms with Crippen LogP contribution in [0.2, 0.25) is 0 Å². The van der Waals surface area contributed by atoms with Crippen LogP contribution in [0.3, 0.4) is 0 Å². The molecule has 1 atom stereocenters. The number of hydrogen-bond acceptors (Lipinski definition) is 6. The first-order valence-electron chi connectivity index (χ1n) is 29.6. The van der Waals surface area contributed by atoms with Gasteiger partial charge in [-0.3, -0.25) is 14.4 Å². The molecule has 0 saturated carbocycles. The van der Waals surface area contributed by atoms with E-state index in [-0.39, 0.29) is 44.0 Å². The monoisotopic (exact) mass is 1030 g/mol. The van der Waals surface area contributed by atoms with Crippen LogP contribution in [0.4, 0.5) is 0 Å². The van der Waals surface area contributed by atoms with Crippen molar-refractivity contribution in [2.45, 2.75) is 232 Å². The summed E-state index contributed by atoms with van der Waals surface area (Å²) in [6, 6.07) is 0. The van der Waals surface area contributed by atoms with Crippen LogP contribution in [0.5, 0.6) is 0 Å². The molecule has 0 bridgehead atoms. The van der Waals surface area contributed by atoms with Crippen molar-refractivity contribution in [1.82, 2.24) is 0 Å². The van der Waals surface area contributed by atoms with Crippen molar-refractivity contribution in [1.29, 1.82) is 0 Å². The summed E-state index contributed by atoms with van der Waals surface area (Å²) in [6.45, 7) is 6.26. The zero-order chi connectivity index (χ0) is 54.3. The van der Waals surface area contributed by atoms with Crippen LogP contribution in [0.1, 0.15) is 226 Å². The average Bonchev–Trinajstić information content (AvgIpc) is 3.41. The van der Waals surface area contributed by atoms with Crippen molar-refractivity contribution in [2.24, 2.45) is 0 Å². The van der Waals surface area contributed by atoms with Crippen LogP contribution in [0.15, 0.2) is 170 Å². The summed E-state index contributed by atoms with van der Waals surface area (Å²) >= 11 is 0. The Morgan fingerprint density at radius 1 is 0.280 bits per heavy atom. The molecule has 0 aromatic rings. The molecular weight excluding hydrogens is 925 g/mol. The number of rotatable bonds is 51. The lowest BCUT2D eigenvalue weighted by Crippen LogP contribution is -2.30. The van der Waals surface area contributed by atoms with E-state index in [1.54, 1.807) is 0 Å². The lowest BCUT2D eigenvalue weighted by atomic mass is 10.1. The Morgan fingerprint density at radius 3 is 0.840 bits per heavy atom. The maximum atomic E-state index is 12.9. The van der Waals surface area contributed by atoms with Gasteiger partial charge in [-0.1, -0.05) is 229 Å². The van der Waals surface area contributed by atoms with Crippen LogP contribution < -0.4 is 0 Å². The molecule has 0 aromatic carbocycles. The Hall–Kier alpha value is -5.23. The minimum atomic E-state index is -0.825. The van der Waals surface area contributed by atoms with E-state index in [0.717, 1.165) is 173 Å². The first kappa shape index (κ1) is 69.8. The maximum Gasteiger partial charge on any atom is 0.306 e. The molecule has 0 N–H and O–H groups in total. The fraction of sp³-hybridized carbons (Fsp3) is 0.551. The number of esters is 3. The predicted molar refractivity (Wildman–Crippen MR) is 325 cm³/mol. The topological polar surface area (TPSA) is 78.9 Å². The molecule has 0 fully saturated rings. The van der Waals surface area contributed by atoms with Crippen molar-refractivity contribution < 1.29 is 28.6 Å². The van der Waals surface area contributed by atoms with Gasteiger partial charge < -0.3 is 14.2 Å². The maximum absolute atomic E-state index is 12.9. The van der Waals surface area contributed by atoms with Gasteiger partial charge in [0.25, 0.3) is 0 Å². The average molecular weight is 1030 g/mol. The van der Waals surface area contributed by atoms with E-state index < -0.39 is 6.10 Å². The smallest absolute Gasteiger partial charge is 0.306 e. The Bertz CT molecular complexity index is 1750. The molecule has 0 amide bonds. The summed E-state index contributed by atoms with van der Waals surface area (Å²) in [7, 11) is 0. The molecule has 0 aliphatic rings.